The van der Waals surface area contributed by atoms with Gasteiger partial charge in [0.1, 0.15) is 5.82 Å². The number of benzene rings is 1. The maximum Gasteiger partial charge on any atom is 0.131 e. The number of halogens is 1. The first kappa shape index (κ1) is 11.8. The lowest BCUT2D eigenvalue weighted by Gasteiger charge is -2.02. The van der Waals surface area contributed by atoms with E-state index in [1.807, 2.05) is 19.3 Å². The molecular formula is C13H16FN3. The fourth-order valence-corrected chi connectivity index (χ4v) is 1.89. The first-order chi connectivity index (χ1) is 8.22. The molecule has 0 aliphatic heterocycles. The predicted octanol–water partition coefficient (Wildman–Crippen LogP) is 2.12. The summed E-state index contributed by atoms with van der Waals surface area (Å²) in [4.78, 5) is 0. The van der Waals surface area contributed by atoms with Crippen LogP contribution in [0.2, 0.25) is 0 Å². The van der Waals surface area contributed by atoms with Crippen molar-refractivity contribution in [2.24, 2.45) is 12.8 Å². The maximum absolute atomic E-state index is 13.7. The molecule has 0 aliphatic rings. The Kier molecular flexibility index (Phi) is 3.54. The molecule has 0 saturated heterocycles. The van der Waals surface area contributed by atoms with E-state index in [0.717, 1.165) is 24.1 Å². The second-order valence-corrected chi connectivity index (χ2v) is 4.04. The van der Waals surface area contributed by atoms with E-state index in [1.54, 1.807) is 16.8 Å². The van der Waals surface area contributed by atoms with Gasteiger partial charge in [-0.25, -0.2) is 4.39 Å². The molecule has 0 bridgehead atoms. The van der Waals surface area contributed by atoms with Crippen molar-refractivity contribution < 1.29 is 4.39 Å². The van der Waals surface area contributed by atoms with Crippen LogP contribution in [0.3, 0.4) is 0 Å². The zero-order valence-corrected chi connectivity index (χ0v) is 9.86. The minimum Gasteiger partial charge on any atom is -0.330 e. The molecular weight excluding hydrogens is 217 g/mol. The Morgan fingerprint density at radius 1 is 1.29 bits per heavy atom. The van der Waals surface area contributed by atoms with Crippen molar-refractivity contribution in [2.75, 3.05) is 6.54 Å². The largest absolute Gasteiger partial charge is 0.330 e. The minimum atomic E-state index is -0.213. The molecule has 3 nitrogen and oxygen atoms in total. The van der Waals surface area contributed by atoms with Crippen LogP contribution in [-0.2, 0) is 13.5 Å². The summed E-state index contributed by atoms with van der Waals surface area (Å²) in [6, 6.07) is 6.76. The molecule has 90 valence electrons. The first-order valence-corrected chi connectivity index (χ1v) is 5.70. The fourth-order valence-electron chi connectivity index (χ4n) is 1.89. The van der Waals surface area contributed by atoms with Gasteiger partial charge in [0.05, 0.1) is 5.69 Å². The second kappa shape index (κ2) is 5.10. The average Bonchev–Trinajstić information content (AvgIpc) is 2.68. The minimum absolute atomic E-state index is 0.213. The van der Waals surface area contributed by atoms with Crippen molar-refractivity contribution in [1.82, 2.24) is 9.78 Å². The number of rotatable bonds is 4. The number of hydrogen-bond acceptors (Lipinski definition) is 2. The topological polar surface area (TPSA) is 43.8 Å². The molecule has 17 heavy (non-hydrogen) atoms. The number of nitrogens with two attached hydrogens (primary N) is 1. The van der Waals surface area contributed by atoms with E-state index in [2.05, 4.69) is 5.10 Å². The Labute approximate surface area is 100 Å². The van der Waals surface area contributed by atoms with Gasteiger partial charge in [-0.1, -0.05) is 18.2 Å². The first-order valence-electron chi connectivity index (χ1n) is 5.70. The summed E-state index contributed by atoms with van der Waals surface area (Å²) in [5.41, 5.74) is 7.86. The number of hydrogen-bond donors (Lipinski definition) is 1. The molecule has 0 radical (unpaired) electrons. The molecule has 0 spiro atoms. The van der Waals surface area contributed by atoms with Crippen molar-refractivity contribution in [3.05, 3.63) is 42.0 Å². The maximum atomic E-state index is 13.7. The van der Waals surface area contributed by atoms with Gasteiger partial charge in [0.15, 0.2) is 0 Å². The van der Waals surface area contributed by atoms with Crippen LogP contribution < -0.4 is 5.73 Å². The zero-order valence-electron chi connectivity index (χ0n) is 9.86. The Morgan fingerprint density at radius 2 is 2.06 bits per heavy atom. The summed E-state index contributed by atoms with van der Waals surface area (Å²) < 4.78 is 15.4. The lowest BCUT2D eigenvalue weighted by molar-refractivity contribution is 0.631. The van der Waals surface area contributed by atoms with Crippen LogP contribution in [0.4, 0.5) is 4.39 Å². The summed E-state index contributed by atoms with van der Waals surface area (Å²) in [5.74, 6) is -0.213. The van der Waals surface area contributed by atoms with Gasteiger partial charge in [-0.3, -0.25) is 4.68 Å². The molecule has 1 aromatic heterocycles. The summed E-state index contributed by atoms with van der Waals surface area (Å²) >= 11 is 0. The van der Waals surface area contributed by atoms with Crippen LogP contribution in [-0.4, -0.2) is 16.3 Å². The number of aromatic nitrogens is 2. The highest BCUT2D eigenvalue weighted by atomic mass is 19.1. The van der Waals surface area contributed by atoms with Gasteiger partial charge in [0.2, 0.25) is 0 Å². The molecule has 0 amide bonds. The third kappa shape index (κ3) is 2.53. The van der Waals surface area contributed by atoms with E-state index >= 15 is 0 Å². The Bertz CT molecular complexity index is 505. The second-order valence-electron chi connectivity index (χ2n) is 4.04. The highest BCUT2D eigenvalue weighted by Crippen LogP contribution is 2.26. The lowest BCUT2D eigenvalue weighted by atomic mass is 10.0. The summed E-state index contributed by atoms with van der Waals surface area (Å²) in [5, 5.41) is 4.36. The highest BCUT2D eigenvalue weighted by Gasteiger charge is 2.12. The average molecular weight is 233 g/mol. The van der Waals surface area contributed by atoms with Crippen molar-refractivity contribution >= 4 is 0 Å². The Balaban J connectivity index is 2.41. The molecule has 0 unspecified atom stereocenters. The van der Waals surface area contributed by atoms with E-state index in [9.17, 15) is 4.39 Å². The fraction of sp³-hybridized carbons (Fsp3) is 0.308. The van der Waals surface area contributed by atoms with Crippen LogP contribution in [0.5, 0.6) is 0 Å². The molecule has 0 fully saturated rings. The Morgan fingerprint density at radius 3 is 2.76 bits per heavy atom. The molecule has 1 heterocycles. The summed E-state index contributed by atoms with van der Waals surface area (Å²) in [6.07, 6.45) is 3.49. The van der Waals surface area contributed by atoms with Gasteiger partial charge < -0.3 is 5.73 Å². The van der Waals surface area contributed by atoms with Gasteiger partial charge in [-0.2, -0.15) is 5.10 Å². The number of aryl methyl sites for hydroxylation is 2. The van der Waals surface area contributed by atoms with Gasteiger partial charge >= 0.3 is 0 Å². The molecule has 2 aromatic rings. The van der Waals surface area contributed by atoms with Gasteiger partial charge in [-0.05, 0) is 25.5 Å². The quantitative estimate of drug-likeness (QED) is 0.879. The van der Waals surface area contributed by atoms with Crippen molar-refractivity contribution in [1.29, 1.82) is 0 Å². The monoisotopic (exact) mass is 233 g/mol. The molecule has 2 N–H and O–H groups in total. The predicted molar refractivity (Wildman–Crippen MR) is 66.0 cm³/mol. The van der Waals surface area contributed by atoms with Crippen molar-refractivity contribution in [3.8, 4) is 11.1 Å². The van der Waals surface area contributed by atoms with Crippen molar-refractivity contribution in [3.63, 3.8) is 0 Å². The third-order valence-electron chi connectivity index (χ3n) is 2.69. The number of nitrogens with zero attached hydrogens (tertiary/aromatic N) is 2. The van der Waals surface area contributed by atoms with Crippen LogP contribution in [0.25, 0.3) is 11.1 Å². The van der Waals surface area contributed by atoms with Crippen LogP contribution in [0, 0.1) is 5.82 Å². The van der Waals surface area contributed by atoms with E-state index in [0.29, 0.717) is 12.1 Å². The normalized spacial score (nSPS) is 10.8. The molecule has 0 atom stereocenters. The smallest absolute Gasteiger partial charge is 0.131 e. The Hall–Kier alpha value is -1.68. The molecule has 0 saturated carbocycles. The lowest BCUT2D eigenvalue weighted by Crippen LogP contribution is -2.02. The standard InChI is InChI=1S/C13H16FN3/c1-17-9-11(13(16-17)7-4-8-15)10-5-2-3-6-12(10)14/h2-3,5-6,9H,4,7-8,15H2,1H3. The third-order valence-corrected chi connectivity index (χ3v) is 2.69. The molecule has 2 rings (SSSR count). The molecule has 0 aliphatic carbocycles. The summed E-state index contributed by atoms with van der Waals surface area (Å²) in [6.45, 7) is 0.618. The van der Waals surface area contributed by atoms with E-state index < -0.39 is 0 Å². The highest BCUT2D eigenvalue weighted by molar-refractivity contribution is 5.65. The van der Waals surface area contributed by atoms with Gasteiger partial charge in [-0.15, -0.1) is 0 Å². The van der Waals surface area contributed by atoms with Crippen LogP contribution in [0.15, 0.2) is 30.5 Å². The van der Waals surface area contributed by atoms with Crippen LogP contribution in [0.1, 0.15) is 12.1 Å². The van der Waals surface area contributed by atoms with Crippen molar-refractivity contribution in [2.45, 2.75) is 12.8 Å². The molecule has 1 aromatic carbocycles. The van der Waals surface area contributed by atoms with Crippen LogP contribution >= 0.6 is 0 Å². The van der Waals surface area contributed by atoms with E-state index in [-0.39, 0.29) is 5.82 Å². The SMILES string of the molecule is Cn1cc(-c2ccccc2F)c(CCCN)n1. The zero-order chi connectivity index (χ0) is 12.3. The summed E-state index contributed by atoms with van der Waals surface area (Å²) in [7, 11) is 1.84. The van der Waals surface area contributed by atoms with E-state index in [4.69, 9.17) is 5.73 Å². The van der Waals surface area contributed by atoms with E-state index in [1.165, 1.54) is 6.07 Å². The molecule has 4 heteroatoms. The van der Waals surface area contributed by atoms with Gasteiger partial charge in [0, 0.05) is 24.4 Å². The van der Waals surface area contributed by atoms with Gasteiger partial charge in [0.25, 0.3) is 0 Å².